The van der Waals surface area contributed by atoms with Crippen molar-refractivity contribution < 1.29 is 28.7 Å². The molecule has 0 radical (unpaired) electrons. The van der Waals surface area contributed by atoms with E-state index >= 15 is 0 Å². The number of esters is 1. The summed E-state index contributed by atoms with van der Waals surface area (Å²) >= 11 is 0. The third kappa shape index (κ3) is 5.14. The van der Waals surface area contributed by atoms with Crippen molar-refractivity contribution >= 4 is 29.6 Å². The van der Waals surface area contributed by atoms with Crippen LogP contribution in [-0.4, -0.2) is 119 Å². The lowest BCUT2D eigenvalue weighted by Gasteiger charge is -2.41. The maximum Gasteiger partial charge on any atom is 0.329 e. The maximum absolute atomic E-state index is 13.6. The second-order valence-corrected chi connectivity index (χ2v) is 10.6. The van der Waals surface area contributed by atoms with Crippen LogP contribution in [0.15, 0.2) is 0 Å². The van der Waals surface area contributed by atoms with E-state index in [4.69, 9.17) is 4.74 Å². The average Bonchev–Trinajstić information content (AvgIpc) is 3.44. The molecule has 4 aliphatic heterocycles. The molecule has 0 bridgehead atoms. The topological polar surface area (TPSA) is 120 Å². The second-order valence-electron chi connectivity index (χ2n) is 10.6. The Kier molecular flexibility index (Phi) is 7.35. The molecule has 4 saturated heterocycles. The smallest absolute Gasteiger partial charge is 0.329 e. The molecule has 0 saturated carbocycles. The van der Waals surface area contributed by atoms with Gasteiger partial charge in [-0.2, -0.15) is 0 Å². The average molecular weight is 492 g/mol. The first-order chi connectivity index (χ1) is 16.6. The molecule has 6 atom stereocenters. The van der Waals surface area contributed by atoms with E-state index in [1.54, 1.807) is 23.6 Å². The summed E-state index contributed by atoms with van der Waals surface area (Å²) in [7, 11) is 1.89. The van der Waals surface area contributed by atoms with Crippen molar-refractivity contribution in [1.82, 2.24) is 24.9 Å². The largest absolute Gasteiger partial charge is 0.461 e. The first-order valence-corrected chi connectivity index (χ1v) is 12.7. The van der Waals surface area contributed by atoms with Crippen molar-refractivity contribution in [2.75, 3.05) is 39.8 Å². The molecule has 0 aromatic heterocycles. The molecule has 4 fully saturated rings. The number of amides is 4. The van der Waals surface area contributed by atoms with Crippen molar-refractivity contribution in [2.45, 2.75) is 76.7 Å². The first-order valence-electron chi connectivity index (χ1n) is 12.7. The van der Waals surface area contributed by atoms with E-state index in [-0.39, 0.29) is 30.1 Å². The van der Waals surface area contributed by atoms with E-state index in [1.165, 1.54) is 4.90 Å². The van der Waals surface area contributed by atoms with E-state index in [0.717, 1.165) is 0 Å². The Labute approximate surface area is 206 Å². The van der Waals surface area contributed by atoms with Crippen LogP contribution < -0.4 is 5.32 Å². The van der Waals surface area contributed by atoms with Gasteiger partial charge in [-0.1, -0.05) is 6.92 Å². The number of likely N-dealkylation sites (N-methyl/N-ethyl adjacent to an activating group) is 1. The van der Waals surface area contributed by atoms with Gasteiger partial charge >= 0.3 is 5.97 Å². The highest BCUT2D eigenvalue weighted by Gasteiger charge is 2.45. The Bertz CT molecular complexity index is 896. The third-order valence-corrected chi connectivity index (χ3v) is 7.60. The maximum atomic E-state index is 13.6. The number of fused-ring (bicyclic) bond motifs is 3. The molecule has 4 heterocycles. The van der Waals surface area contributed by atoms with Gasteiger partial charge in [0.25, 0.3) is 0 Å². The van der Waals surface area contributed by atoms with Gasteiger partial charge < -0.3 is 29.7 Å². The van der Waals surface area contributed by atoms with Crippen LogP contribution in [0.25, 0.3) is 0 Å². The summed E-state index contributed by atoms with van der Waals surface area (Å²) < 4.78 is 5.59. The highest BCUT2D eigenvalue weighted by atomic mass is 16.5. The van der Waals surface area contributed by atoms with Crippen LogP contribution >= 0.6 is 0 Å². The minimum Gasteiger partial charge on any atom is -0.461 e. The third-order valence-electron chi connectivity index (χ3n) is 7.60. The van der Waals surface area contributed by atoms with Crippen molar-refractivity contribution in [3.63, 3.8) is 0 Å². The van der Waals surface area contributed by atoms with Gasteiger partial charge in [0.2, 0.25) is 23.6 Å². The normalized spacial score (nSPS) is 36.0. The zero-order valence-electron chi connectivity index (χ0n) is 21.1. The molecule has 11 nitrogen and oxygen atoms in total. The van der Waals surface area contributed by atoms with Gasteiger partial charge in [-0.3, -0.25) is 19.2 Å². The molecule has 0 aromatic carbocycles. The number of ether oxygens (including phenoxy) is 1. The van der Waals surface area contributed by atoms with Crippen LogP contribution in [0.5, 0.6) is 0 Å². The molecule has 4 rings (SSSR count). The number of nitrogens with zero attached hydrogens (tertiary/aromatic N) is 4. The lowest BCUT2D eigenvalue weighted by Crippen LogP contribution is -2.64. The standard InChI is InChI=1S/C24H37N5O6/c1-14-10-18-24(34)35-15(2)11-20(30)27-7-5-6-17(27)23(33)28-9-8-26(4)13-19(28)21(31)25-16(3)22(32)29(18)12-14/h14-19H,5-13H2,1-4H3,(H,25,31)/t14-,15?,16?,17?,18?,19?/m1/s1. The van der Waals surface area contributed by atoms with Crippen LogP contribution in [0.1, 0.15) is 46.5 Å². The number of hydrogen-bond donors (Lipinski definition) is 1. The van der Waals surface area contributed by atoms with E-state index < -0.39 is 42.1 Å². The molecule has 0 spiro atoms. The molecule has 5 unspecified atom stereocenters. The second kappa shape index (κ2) is 10.1. The van der Waals surface area contributed by atoms with E-state index in [2.05, 4.69) is 5.32 Å². The fraction of sp³-hybridized carbons (Fsp3) is 0.792. The van der Waals surface area contributed by atoms with E-state index in [0.29, 0.717) is 52.0 Å². The van der Waals surface area contributed by atoms with Gasteiger partial charge in [0, 0.05) is 32.7 Å². The van der Waals surface area contributed by atoms with Gasteiger partial charge in [-0.05, 0) is 46.1 Å². The van der Waals surface area contributed by atoms with Gasteiger partial charge in [-0.15, -0.1) is 0 Å². The van der Waals surface area contributed by atoms with Crippen LogP contribution in [0.4, 0.5) is 0 Å². The molecular weight excluding hydrogens is 454 g/mol. The first kappa shape index (κ1) is 25.4. The lowest BCUT2D eigenvalue weighted by atomic mass is 10.1. The Morgan fingerprint density at radius 1 is 0.829 bits per heavy atom. The number of nitrogens with one attached hydrogen (secondary N) is 1. The summed E-state index contributed by atoms with van der Waals surface area (Å²) in [5.74, 6) is -1.69. The molecule has 35 heavy (non-hydrogen) atoms. The molecule has 4 amide bonds. The summed E-state index contributed by atoms with van der Waals surface area (Å²) in [4.78, 5) is 72.9. The van der Waals surface area contributed by atoms with Crippen molar-refractivity contribution in [1.29, 1.82) is 0 Å². The Hall–Kier alpha value is -2.69. The number of cyclic esters (lactones) is 1. The summed E-state index contributed by atoms with van der Waals surface area (Å²) in [5, 5.41) is 2.79. The van der Waals surface area contributed by atoms with Crippen LogP contribution in [0.2, 0.25) is 0 Å². The van der Waals surface area contributed by atoms with Crippen LogP contribution in [-0.2, 0) is 28.7 Å². The molecule has 194 valence electrons. The SMILES string of the molecule is CC1CC(=O)N2CCCC2C(=O)N2CCN(C)CC2C(=O)NC(C)C(=O)N2C[C@H](C)CC2C(=O)O1. The number of hydrogen-bond acceptors (Lipinski definition) is 7. The summed E-state index contributed by atoms with van der Waals surface area (Å²) in [6.07, 6.45) is 0.982. The van der Waals surface area contributed by atoms with Crippen molar-refractivity contribution in [3.05, 3.63) is 0 Å². The predicted octanol–water partition coefficient (Wildman–Crippen LogP) is -0.803. The Morgan fingerprint density at radius 3 is 2.31 bits per heavy atom. The van der Waals surface area contributed by atoms with Crippen LogP contribution in [0.3, 0.4) is 0 Å². The van der Waals surface area contributed by atoms with Gasteiger partial charge in [-0.25, -0.2) is 4.79 Å². The molecule has 0 aliphatic carbocycles. The number of rotatable bonds is 0. The quantitative estimate of drug-likeness (QED) is 0.441. The van der Waals surface area contributed by atoms with E-state index in [9.17, 15) is 24.0 Å². The highest BCUT2D eigenvalue weighted by Crippen LogP contribution is 2.27. The highest BCUT2D eigenvalue weighted by molar-refractivity contribution is 5.96. The Balaban J connectivity index is 1.65. The fourth-order valence-corrected chi connectivity index (χ4v) is 5.74. The van der Waals surface area contributed by atoms with Crippen molar-refractivity contribution in [3.8, 4) is 0 Å². The zero-order valence-corrected chi connectivity index (χ0v) is 21.1. The van der Waals surface area contributed by atoms with Gasteiger partial charge in [0.15, 0.2) is 0 Å². The number of carbonyl (C=O) groups excluding carboxylic acids is 5. The van der Waals surface area contributed by atoms with Gasteiger partial charge in [0.05, 0.1) is 6.42 Å². The molecule has 11 heteroatoms. The summed E-state index contributed by atoms with van der Waals surface area (Å²) in [5.41, 5.74) is 0. The van der Waals surface area contributed by atoms with Crippen LogP contribution in [0, 0.1) is 5.92 Å². The molecule has 1 N–H and O–H groups in total. The summed E-state index contributed by atoms with van der Waals surface area (Å²) in [6.45, 7) is 7.40. The minimum atomic E-state index is -0.859. The molecule has 4 aliphatic rings. The molecule has 0 aromatic rings. The van der Waals surface area contributed by atoms with Crippen molar-refractivity contribution in [2.24, 2.45) is 5.92 Å². The monoisotopic (exact) mass is 491 g/mol. The number of piperazine rings is 1. The van der Waals surface area contributed by atoms with Gasteiger partial charge in [0.1, 0.15) is 30.3 Å². The Morgan fingerprint density at radius 2 is 1.57 bits per heavy atom. The predicted molar refractivity (Wildman–Crippen MR) is 125 cm³/mol. The number of carbonyl (C=O) groups is 5. The zero-order chi connectivity index (χ0) is 25.4. The minimum absolute atomic E-state index is 0.0329. The lowest BCUT2D eigenvalue weighted by molar-refractivity contribution is -0.160. The summed E-state index contributed by atoms with van der Waals surface area (Å²) in [6, 6.07) is -3.01. The fourth-order valence-electron chi connectivity index (χ4n) is 5.74. The van der Waals surface area contributed by atoms with E-state index in [1.807, 2.05) is 18.9 Å². The molecular formula is C24H37N5O6.